The van der Waals surface area contributed by atoms with E-state index in [4.69, 9.17) is 16.3 Å². The average molecular weight is 361 g/mol. The molecule has 0 aliphatic carbocycles. The third kappa shape index (κ3) is 3.18. The molecule has 8 heteroatoms. The smallest absolute Gasteiger partial charge is 0.339 e. The molecular formula is C17H13ClN2O5. The highest BCUT2D eigenvalue weighted by molar-refractivity contribution is 6.30. The maximum absolute atomic E-state index is 12.7. The fraction of sp³-hybridized carbons (Fsp3) is 0.176. The zero-order valence-electron chi connectivity index (χ0n) is 13.1. The highest BCUT2D eigenvalue weighted by Gasteiger charge is 2.43. The Morgan fingerprint density at radius 2 is 2.04 bits per heavy atom. The van der Waals surface area contributed by atoms with Crippen LogP contribution < -0.4 is 5.32 Å². The van der Waals surface area contributed by atoms with Gasteiger partial charge >= 0.3 is 5.97 Å². The second-order valence-electron chi connectivity index (χ2n) is 5.83. The Labute approximate surface area is 147 Å². The minimum atomic E-state index is -1.50. The summed E-state index contributed by atoms with van der Waals surface area (Å²) in [4.78, 5) is 35.3. The number of para-hydroxylation sites is 2. The fourth-order valence-corrected chi connectivity index (χ4v) is 2.88. The first-order chi connectivity index (χ1) is 11.8. The van der Waals surface area contributed by atoms with Crippen molar-refractivity contribution in [2.24, 2.45) is 0 Å². The van der Waals surface area contributed by atoms with Crippen LogP contribution in [-0.4, -0.2) is 22.4 Å². The molecule has 128 valence electrons. The predicted molar refractivity (Wildman–Crippen MR) is 90.7 cm³/mol. The molecule has 7 nitrogen and oxygen atoms in total. The molecule has 0 unspecified atom stereocenters. The van der Waals surface area contributed by atoms with Crippen LogP contribution in [0.25, 0.3) is 0 Å². The molecule has 0 saturated heterocycles. The fourth-order valence-electron chi connectivity index (χ4n) is 2.69. The number of rotatable bonds is 3. The van der Waals surface area contributed by atoms with E-state index < -0.39 is 22.4 Å². The van der Waals surface area contributed by atoms with Crippen LogP contribution in [-0.2, 0) is 16.0 Å². The van der Waals surface area contributed by atoms with Crippen molar-refractivity contribution in [2.45, 2.75) is 18.9 Å². The van der Waals surface area contributed by atoms with Gasteiger partial charge in [-0.1, -0.05) is 23.7 Å². The first-order valence-corrected chi connectivity index (χ1v) is 7.74. The van der Waals surface area contributed by atoms with E-state index in [0.29, 0.717) is 16.1 Å². The van der Waals surface area contributed by atoms with Crippen molar-refractivity contribution >= 4 is 34.9 Å². The summed E-state index contributed by atoms with van der Waals surface area (Å²) in [6.07, 6.45) is 0.112. The van der Waals surface area contributed by atoms with Crippen molar-refractivity contribution < 1.29 is 19.2 Å². The van der Waals surface area contributed by atoms with Gasteiger partial charge in [-0.05, 0) is 36.8 Å². The number of fused-ring (bicyclic) bond motifs is 1. The van der Waals surface area contributed by atoms with Crippen LogP contribution in [0.2, 0.25) is 5.02 Å². The Hall–Kier alpha value is -2.93. The van der Waals surface area contributed by atoms with E-state index in [-0.39, 0.29) is 17.8 Å². The minimum absolute atomic E-state index is 0.0339. The van der Waals surface area contributed by atoms with Crippen LogP contribution in [0.4, 0.5) is 11.4 Å². The van der Waals surface area contributed by atoms with Gasteiger partial charge < -0.3 is 10.1 Å². The van der Waals surface area contributed by atoms with Crippen molar-refractivity contribution in [3.8, 4) is 0 Å². The monoisotopic (exact) mass is 360 g/mol. The first-order valence-electron chi connectivity index (χ1n) is 7.37. The zero-order chi connectivity index (χ0) is 18.2. The molecule has 0 bridgehead atoms. The number of esters is 1. The van der Waals surface area contributed by atoms with Crippen molar-refractivity contribution in [3.63, 3.8) is 0 Å². The van der Waals surface area contributed by atoms with Crippen LogP contribution in [0.5, 0.6) is 0 Å². The Morgan fingerprint density at radius 1 is 1.32 bits per heavy atom. The SMILES string of the molecule is C[C@]1(C(=O)Nc2ccccc2[N+](=O)[O-])Cc2cc(Cl)ccc2C(=O)O1. The summed E-state index contributed by atoms with van der Waals surface area (Å²) in [5.74, 6) is -1.29. The quantitative estimate of drug-likeness (QED) is 0.514. The van der Waals surface area contributed by atoms with Crippen LogP contribution in [0.1, 0.15) is 22.8 Å². The number of nitrogens with one attached hydrogen (secondary N) is 1. The van der Waals surface area contributed by atoms with Crippen molar-refractivity contribution in [2.75, 3.05) is 5.32 Å². The molecule has 25 heavy (non-hydrogen) atoms. The minimum Gasteiger partial charge on any atom is -0.445 e. The van der Waals surface area contributed by atoms with Crippen LogP contribution >= 0.6 is 11.6 Å². The Morgan fingerprint density at radius 3 is 2.76 bits per heavy atom. The molecule has 0 fully saturated rings. The second-order valence-corrected chi connectivity index (χ2v) is 6.26. The lowest BCUT2D eigenvalue weighted by atomic mass is 9.89. The number of halogens is 1. The lowest BCUT2D eigenvalue weighted by Gasteiger charge is -2.33. The number of amides is 1. The van der Waals surface area contributed by atoms with Crippen LogP contribution in [0, 0.1) is 10.1 Å². The van der Waals surface area contributed by atoms with E-state index in [2.05, 4.69) is 5.32 Å². The van der Waals surface area contributed by atoms with Gasteiger partial charge in [0.2, 0.25) is 0 Å². The topological polar surface area (TPSA) is 98.5 Å². The number of carbonyl (C=O) groups is 2. The Balaban J connectivity index is 1.90. The molecule has 1 amide bonds. The zero-order valence-corrected chi connectivity index (χ0v) is 13.9. The number of nitrogens with zero attached hydrogens (tertiary/aromatic N) is 1. The maximum atomic E-state index is 12.7. The largest absolute Gasteiger partial charge is 0.445 e. The third-order valence-electron chi connectivity index (χ3n) is 3.96. The van der Waals surface area contributed by atoms with E-state index >= 15 is 0 Å². The van der Waals surface area contributed by atoms with E-state index in [1.54, 1.807) is 24.3 Å². The van der Waals surface area contributed by atoms with E-state index in [0.717, 1.165) is 0 Å². The molecule has 1 atom stereocenters. The van der Waals surface area contributed by atoms with Gasteiger partial charge in [0.25, 0.3) is 11.6 Å². The second kappa shape index (κ2) is 6.18. The number of carbonyl (C=O) groups excluding carboxylic acids is 2. The number of anilines is 1. The number of ether oxygens (including phenoxy) is 1. The average Bonchev–Trinajstić information content (AvgIpc) is 2.54. The van der Waals surface area contributed by atoms with Gasteiger partial charge in [0.15, 0.2) is 5.60 Å². The highest BCUT2D eigenvalue weighted by Crippen LogP contribution is 2.32. The highest BCUT2D eigenvalue weighted by atomic mass is 35.5. The van der Waals surface area contributed by atoms with Gasteiger partial charge in [0.05, 0.1) is 10.5 Å². The summed E-state index contributed by atoms with van der Waals surface area (Å²) in [6.45, 7) is 1.46. The van der Waals surface area contributed by atoms with Crippen LogP contribution in [0.3, 0.4) is 0 Å². The number of benzene rings is 2. The summed E-state index contributed by atoms with van der Waals surface area (Å²) in [5, 5.41) is 14.0. The molecule has 0 spiro atoms. The Kier molecular flexibility index (Phi) is 4.18. The van der Waals surface area contributed by atoms with E-state index in [1.807, 2.05) is 0 Å². The van der Waals surface area contributed by atoms with Gasteiger partial charge in [0.1, 0.15) is 5.69 Å². The standard InChI is InChI=1S/C17H13ClN2O5/c1-17(9-10-8-11(18)6-7-12(10)15(21)25-17)16(22)19-13-4-2-3-5-14(13)20(23)24/h2-8H,9H2,1H3,(H,19,22)/t17-/m1/s1. The van der Waals surface area contributed by atoms with Gasteiger partial charge in [-0.15, -0.1) is 0 Å². The van der Waals surface area contributed by atoms with Crippen molar-refractivity contribution in [1.29, 1.82) is 0 Å². The van der Waals surface area contributed by atoms with Gasteiger partial charge in [-0.3, -0.25) is 14.9 Å². The number of hydrogen-bond donors (Lipinski definition) is 1. The summed E-state index contributed by atoms with van der Waals surface area (Å²) >= 11 is 5.95. The maximum Gasteiger partial charge on any atom is 0.339 e. The van der Waals surface area contributed by atoms with Gasteiger partial charge in [0, 0.05) is 17.5 Å². The molecule has 2 aromatic carbocycles. The molecule has 0 aromatic heterocycles. The molecule has 1 aliphatic heterocycles. The third-order valence-corrected chi connectivity index (χ3v) is 4.20. The van der Waals surface area contributed by atoms with Gasteiger partial charge in [-0.2, -0.15) is 0 Å². The number of hydrogen-bond acceptors (Lipinski definition) is 5. The van der Waals surface area contributed by atoms with Gasteiger partial charge in [-0.25, -0.2) is 4.79 Å². The first kappa shape index (κ1) is 16.9. The summed E-state index contributed by atoms with van der Waals surface area (Å²) < 4.78 is 5.31. The number of cyclic esters (lactones) is 1. The molecule has 1 heterocycles. The summed E-state index contributed by atoms with van der Waals surface area (Å²) in [6, 6.07) is 10.5. The number of nitro benzene ring substituents is 1. The van der Waals surface area contributed by atoms with E-state index in [9.17, 15) is 19.7 Å². The lowest BCUT2D eigenvalue weighted by Crippen LogP contribution is -2.49. The molecule has 0 radical (unpaired) electrons. The van der Waals surface area contributed by atoms with E-state index in [1.165, 1.54) is 25.1 Å². The molecular weight excluding hydrogens is 348 g/mol. The van der Waals surface area contributed by atoms with Crippen molar-refractivity contribution in [1.82, 2.24) is 0 Å². The van der Waals surface area contributed by atoms with Crippen molar-refractivity contribution in [3.05, 3.63) is 68.7 Å². The summed E-state index contributed by atoms with van der Waals surface area (Å²) in [7, 11) is 0. The molecule has 0 saturated carbocycles. The molecule has 2 aromatic rings. The normalized spacial score (nSPS) is 18.9. The molecule has 3 rings (SSSR count). The van der Waals surface area contributed by atoms with Crippen LogP contribution in [0.15, 0.2) is 42.5 Å². The Bertz CT molecular complexity index is 898. The summed E-state index contributed by atoms with van der Waals surface area (Å²) in [5.41, 5.74) is -0.778. The number of nitro groups is 1. The lowest BCUT2D eigenvalue weighted by molar-refractivity contribution is -0.383. The molecule has 1 aliphatic rings. The molecule has 1 N–H and O–H groups in total. The predicted octanol–water partition coefficient (Wildman–Crippen LogP) is 3.36.